The molecular formula is C24H16N4O6S. The summed E-state index contributed by atoms with van der Waals surface area (Å²) in [5.74, 6) is -1.30. The van der Waals surface area contributed by atoms with E-state index in [1.807, 2.05) is 0 Å². The Kier molecular flexibility index (Phi) is 5.38. The summed E-state index contributed by atoms with van der Waals surface area (Å²) in [6.07, 6.45) is 2.83. The summed E-state index contributed by atoms with van der Waals surface area (Å²) >= 11 is 1.19. The van der Waals surface area contributed by atoms with Crippen molar-refractivity contribution in [3.63, 3.8) is 0 Å². The average Bonchev–Trinajstić information content (AvgIpc) is 3.41. The molecule has 0 fully saturated rings. The van der Waals surface area contributed by atoms with Gasteiger partial charge in [0.15, 0.2) is 10.9 Å². The van der Waals surface area contributed by atoms with Gasteiger partial charge in [-0.1, -0.05) is 23.5 Å². The largest absolute Gasteiger partial charge is 0.503 e. The molecule has 0 aliphatic rings. The van der Waals surface area contributed by atoms with Crippen LogP contribution in [0.2, 0.25) is 0 Å². The molecule has 0 unspecified atom stereocenters. The average molecular weight is 488 g/mol. The molecule has 0 saturated carbocycles. The van der Waals surface area contributed by atoms with E-state index in [1.165, 1.54) is 59.7 Å². The summed E-state index contributed by atoms with van der Waals surface area (Å²) in [5.41, 5.74) is 0.613. The number of carbonyl (C=O) groups is 1. The van der Waals surface area contributed by atoms with Crippen LogP contribution < -0.4 is 4.74 Å². The molecule has 0 spiro atoms. The minimum atomic E-state index is -0.669. The van der Waals surface area contributed by atoms with Crippen LogP contribution in [0.15, 0.2) is 67.0 Å². The molecule has 0 aliphatic heterocycles. The van der Waals surface area contributed by atoms with Crippen LogP contribution in [-0.2, 0) is 0 Å². The highest BCUT2D eigenvalue weighted by Crippen LogP contribution is 2.45. The maximum absolute atomic E-state index is 13.4. The van der Waals surface area contributed by atoms with E-state index in [0.717, 1.165) is 4.70 Å². The molecule has 11 heteroatoms. The Morgan fingerprint density at radius 3 is 2.69 bits per heavy atom. The Hall–Kier alpha value is -4.77. The first kappa shape index (κ1) is 22.0. The van der Waals surface area contributed by atoms with Crippen molar-refractivity contribution in [2.75, 3.05) is 7.11 Å². The van der Waals surface area contributed by atoms with Crippen molar-refractivity contribution in [2.24, 2.45) is 0 Å². The van der Waals surface area contributed by atoms with Gasteiger partial charge in [-0.3, -0.25) is 24.5 Å². The number of thiazole rings is 1. The van der Waals surface area contributed by atoms with Gasteiger partial charge in [0.25, 0.3) is 5.69 Å². The van der Waals surface area contributed by atoms with Gasteiger partial charge in [0.05, 0.1) is 33.5 Å². The van der Waals surface area contributed by atoms with E-state index >= 15 is 0 Å². The minimum absolute atomic E-state index is 0.0589. The molecule has 174 valence electrons. The van der Waals surface area contributed by atoms with E-state index < -0.39 is 22.3 Å². The van der Waals surface area contributed by atoms with Crippen molar-refractivity contribution in [1.29, 1.82) is 0 Å². The quantitative estimate of drug-likeness (QED) is 0.199. The van der Waals surface area contributed by atoms with Gasteiger partial charge in [-0.15, -0.1) is 0 Å². The first-order valence-corrected chi connectivity index (χ1v) is 11.0. The molecule has 5 aromatic rings. The third kappa shape index (κ3) is 3.73. The number of aromatic nitrogens is 3. The number of carbonyl (C=O) groups excluding carboxylic acids is 1. The van der Waals surface area contributed by atoms with Crippen LogP contribution in [0, 0.1) is 10.1 Å². The summed E-state index contributed by atoms with van der Waals surface area (Å²) in [5, 5.41) is 33.5. The van der Waals surface area contributed by atoms with Gasteiger partial charge in [0.2, 0.25) is 11.7 Å². The standard InChI is InChI=1S/C24H16N4O6S/c1-34-16-7-8-17-18(11-16)35-24(26-17)27-20(13-4-2-6-15(10-13)28(32)33)19(22(30)23(27)31)21(29)14-5-3-9-25-12-14/h2-12,30-31H,1H3. The molecule has 0 amide bonds. The van der Waals surface area contributed by atoms with Crippen molar-refractivity contribution >= 4 is 33.0 Å². The SMILES string of the molecule is COc1ccc2nc(-n3c(O)c(O)c(C(=O)c4cccnc4)c3-c3cccc([N+](=O)[O-])c3)sc2c1. The monoisotopic (exact) mass is 488 g/mol. The number of rotatable bonds is 6. The maximum atomic E-state index is 13.4. The molecule has 5 rings (SSSR count). The minimum Gasteiger partial charge on any atom is -0.503 e. The molecule has 0 aliphatic carbocycles. The van der Waals surface area contributed by atoms with Crippen LogP contribution in [0.5, 0.6) is 17.4 Å². The van der Waals surface area contributed by atoms with E-state index in [4.69, 9.17) is 4.74 Å². The summed E-state index contributed by atoms with van der Waals surface area (Å²) in [6.45, 7) is 0. The van der Waals surface area contributed by atoms with Gasteiger partial charge in [0, 0.05) is 35.7 Å². The number of ether oxygens (including phenoxy) is 1. The lowest BCUT2D eigenvalue weighted by atomic mass is 10.00. The topological polar surface area (TPSA) is 141 Å². The number of nitro groups is 1. The first-order valence-electron chi connectivity index (χ1n) is 10.2. The molecule has 3 heterocycles. The van der Waals surface area contributed by atoms with E-state index in [0.29, 0.717) is 11.3 Å². The van der Waals surface area contributed by atoms with E-state index in [1.54, 1.807) is 30.3 Å². The van der Waals surface area contributed by atoms with Gasteiger partial charge in [-0.25, -0.2) is 4.98 Å². The molecule has 10 nitrogen and oxygen atoms in total. The molecule has 0 radical (unpaired) electrons. The Balaban J connectivity index is 1.82. The van der Waals surface area contributed by atoms with Crippen molar-refractivity contribution in [1.82, 2.24) is 14.5 Å². The van der Waals surface area contributed by atoms with E-state index in [2.05, 4.69) is 9.97 Å². The normalized spacial score (nSPS) is 11.0. The number of hydrogen-bond acceptors (Lipinski definition) is 9. The number of non-ortho nitro benzene ring substituents is 1. The summed E-state index contributed by atoms with van der Waals surface area (Å²) in [6, 6.07) is 13.9. The van der Waals surface area contributed by atoms with Gasteiger partial charge in [0.1, 0.15) is 5.75 Å². The molecule has 0 saturated heterocycles. The number of pyridine rings is 1. The Labute approximate surface area is 201 Å². The van der Waals surface area contributed by atoms with E-state index in [9.17, 15) is 25.1 Å². The third-order valence-corrected chi connectivity index (χ3v) is 6.38. The number of methoxy groups -OCH3 is 1. The number of hydrogen-bond donors (Lipinski definition) is 2. The molecule has 0 bridgehead atoms. The van der Waals surface area contributed by atoms with Crippen LogP contribution >= 0.6 is 11.3 Å². The van der Waals surface area contributed by atoms with Crippen molar-refractivity contribution in [2.45, 2.75) is 0 Å². The highest BCUT2D eigenvalue weighted by Gasteiger charge is 2.31. The van der Waals surface area contributed by atoms with Crippen LogP contribution in [-0.4, -0.2) is 42.6 Å². The smallest absolute Gasteiger partial charge is 0.270 e. The highest BCUT2D eigenvalue weighted by molar-refractivity contribution is 7.20. The number of fused-ring (bicyclic) bond motifs is 1. The molecule has 35 heavy (non-hydrogen) atoms. The zero-order valence-electron chi connectivity index (χ0n) is 18.1. The second-order valence-corrected chi connectivity index (χ2v) is 8.45. The van der Waals surface area contributed by atoms with Crippen LogP contribution in [0.25, 0.3) is 26.6 Å². The summed E-state index contributed by atoms with van der Waals surface area (Å²) < 4.78 is 7.21. The summed E-state index contributed by atoms with van der Waals surface area (Å²) in [4.78, 5) is 32.8. The zero-order chi connectivity index (χ0) is 24.7. The Bertz CT molecular complexity index is 1610. The van der Waals surface area contributed by atoms with E-state index in [-0.39, 0.29) is 33.2 Å². The molecular weight excluding hydrogens is 472 g/mol. The van der Waals surface area contributed by atoms with Crippen molar-refractivity contribution in [3.05, 3.63) is 88.2 Å². The second-order valence-electron chi connectivity index (χ2n) is 7.44. The van der Waals surface area contributed by atoms with Gasteiger partial charge >= 0.3 is 0 Å². The van der Waals surface area contributed by atoms with Crippen LogP contribution in [0.3, 0.4) is 0 Å². The van der Waals surface area contributed by atoms with Crippen LogP contribution in [0.1, 0.15) is 15.9 Å². The van der Waals surface area contributed by atoms with Gasteiger partial charge in [-0.05, 0) is 30.3 Å². The lowest BCUT2D eigenvalue weighted by Crippen LogP contribution is -2.05. The lowest BCUT2D eigenvalue weighted by molar-refractivity contribution is -0.384. The molecule has 2 N–H and O–H groups in total. The maximum Gasteiger partial charge on any atom is 0.270 e. The fourth-order valence-corrected chi connectivity index (χ4v) is 4.75. The van der Waals surface area contributed by atoms with Crippen molar-refractivity contribution in [3.8, 4) is 33.8 Å². The number of aromatic hydroxyl groups is 2. The van der Waals surface area contributed by atoms with Crippen LogP contribution in [0.4, 0.5) is 5.69 Å². The predicted octanol–water partition coefficient (Wildman–Crippen LogP) is 4.71. The third-order valence-electron chi connectivity index (χ3n) is 5.38. The summed E-state index contributed by atoms with van der Waals surface area (Å²) in [7, 11) is 1.54. The van der Waals surface area contributed by atoms with Gasteiger partial charge < -0.3 is 14.9 Å². The molecule has 3 aromatic heterocycles. The number of benzene rings is 2. The van der Waals surface area contributed by atoms with Crippen molar-refractivity contribution < 1.29 is 24.7 Å². The Morgan fingerprint density at radius 1 is 1.14 bits per heavy atom. The highest BCUT2D eigenvalue weighted by atomic mass is 32.1. The number of nitro benzene ring substituents is 1. The molecule has 0 atom stereocenters. The fraction of sp³-hybridized carbons (Fsp3) is 0.0417. The Morgan fingerprint density at radius 2 is 1.97 bits per heavy atom. The number of ketones is 1. The second kappa shape index (κ2) is 8.54. The fourth-order valence-electron chi connectivity index (χ4n) is 3.75. The number of nitrogens with zero attached hydrogens (tertiary/aromatic N) is 4. The first-order chi connectivity index (χ1) is 16.9. The molecule has 2 aromatic carbocycles. The zero-order valence-corrected chi connectivity index (χ0v) is 18.9. The lowest BCUT2D eigenvalue weighted by Gasteiger charge is -2.09. The van der Waals surface area contributed by atoms with Gasteiger partial charge in [-0.2, -0.15) is 0 Å². The predicted molar refractivity (Wildman–Crippen MR) is 129 cm³/mol.